The molecule has 1 atom stereocenters. The van der Waals surface area contributed by atoms with Crippen molar-refractivity contribution in [1.82, 2.24) is 10.3 Å². The molecule has 0 aliphatic carbocycles. The Kier molecular flexibility index (Phi) is 4.24. The average Bonchev–Trinajstić information content (AvgIpc) is 3.00. The Bertz CT molecular complexity index is 599. The number of nitrogens with zero attached hydrogens (tertiary/aromatic N) is 3. The molecule has 1 unspecified atom stereocenters. The van der Waals surface area contributed by atoms with Crippen molar-refractivity contribution in [2.24, 2.45) is 10.1 Å². The van der Waals surface area contributed by atoms with E-state index in [1.54, 1.807) is 0 Å². The van der Waals surface area contributed by atoms with Gasteiger partial charge in [-0.3, -0.25) is 4.79 Å². The smallest absolute Gasteiger partial charge is 0.230 e. The summed E-state index contributed by atoms with van der Waals surface area (Å²) in [5.74, 6) is 0.419. The number of carbonyl (C=O) groups is 1. The summed E-state index contributed by atoms with van der Waals surface area (Å²) < 4.78 is 0. The summed E-state index contributed by atoms with van der Waals surface area (Å²) in [4.78, 5) is 16.4. The molecule has 5 nitrogen and oxygen atoms in total. The van der Waals surface area contributed by atoms with Gasteiger partial charge in [0.25, 0.3) is 0 Å². The first-order valence-corrected chi connectivity index (χ1v) is 8.17. The van der Waals surface area contributed by atoms with Crippen molar-refractivity contribution in [3.8, 4) is 0 Å². The average molecular weight is 302 g/mol. The minimum absolute atomic E-state index is 0.0446. The van der Waals surface area contributed by atoms with Crippen LogP contribution in [0.25, 0.3) is 0 Å². The Morgan fingerprint density at radius 2 is 2.33 bits per heavy atom. The summed E-state index contributed by atoms with van der Waals surface area (Å²) in [5.41, 5.74) is 2.19. The topological polar surface area (TPSA) is 57.1 Å². The molecule has 1 amide bonds. The van der Waals surface area contributed by atoms with Gasteiger partial charge in [0.05, 0.1) is 17.5 Å². The lowest BCUT2D eigenvalue weighted by molar-refractivity contribution is -0.118. The zero-order valence-electron chi connectivity index (χ0n) is 12.0. The Labute approximate surface area is 128 Å². The highest BCUT2D eigenvalue weighted by Gasteiger charge is 2.32. The molecule has 0 fully saturated rings. The van der Waals surface area contributed by atoms with Crippen LogP contribution in [0.4, 0.5) is 5.69 Å². The zero-order chi connectivity index (χ0) is 14.7. The second-order valence-electron chi connectivity index (χ2n) is 4.99. The number of nitrogens with one attached hydrogen (secondary N) is 1. The molecule has 110 valence electrons. The van der Waals surface area contributed by atoms with Crippen molar-refractivity contribution < 1.29 is 4.79 Å². The van der Waals surface area contributed by atoms with Crippen LogP contribution in [0.2, 0.25) is 0 Å². The van der Waals surface area contributed by atoms with Gasteiger partial charge in [0.2, 0.25) is 5.91 Å². The molecule has 2 aliphatic rings. The number of aliphatic imine (C=N–C) groups is 1. The van der Waals surface area contributed by atoms with E-state index in [0.29, 0.717) is 5.75 Å². The maximum absolute atomic E-state index is 11.7. The minimum atomic E-state index is 0.0446. The number of amides is 1. The minimum Gasteiger partial charge on any atom is -0.355 e. The number of benzene rings is 1. The third-order valence-corrected chi connectivity index (χ3v) is 4.39. The number of thioether (sulfide) groups is 1. The Hall–Kier alpha value is -1.82. The van der Waals surface area contributed by atoms with Gasteiger partial charge in [-0.2, -0.15) is 5.10 Å². The van der Waals surface area contributed by atoms with Crippen molar-refractivity contribution in [3.63, 3.8) is 0 Å². The zero-order valence-corrected chi connectivity index (χ0v) is 12.8. The third-order valence-electron chi connectivity index (χ3n) is 3.44. The molecule has 0 spiro atoms. The van der Waals surface area contributed by atoms with Gasteiger partial charge in [-0.15, -0.1) is 0 Å². The number of rotatable bonds is 4. The van der Waals surface area contributed by atoms with Crippen LogP contribution in [0, 0.1) is 0 Å². The van der Waals surface area contributed by atoms with Gasteiger partial charge in [0, 0.05) is 24.7 Å². The van der Waals surface area contributed by atoms with Crippen molar-refractivity contribution >= 4 is 34.7 Å². The van der Waals surface area contributed by atoms with E-state index < -0.39 is 0 Å². The van der Waals surface area contributed by atoms with Crippen molar-refractivity contribution in [3.05, 3.63) is 29.8 Å². The van der Waals surface area contributed by atoms with Gasteiger partial charge in [-0.05, 0) is 12.5 Å². The molecular formula is C15H18N4OS. The van der Waals surface area contributed by atoms with E-state index >= 15 is 0 Å². The number of carbonyl (C=O) groups excluding carboxylic acids is 1. The van der Waals surface area contributed by atoms with Gasteiger partial charge < -0.3 is 5.32 Å². The van der Waals surface area contributed by atoms with Crippen LogP contribution < -0.4 is 5.32 Å². The lowest BCUT2D eigenvalue weighted by atomic mass is 10.0. The normalized spacial score (nSPS) is 19.0. The summed E-state index contributed by atoms with van der Waals surface area (Å²) in [6, 6.07) is 8.36. The monoisotopic (exact) mass is 302 g/mol. The lowest BCUT2D eigenvalue weighted by Crippen LogP contribution is -2.31. The number of amidine groups is 1. The maximum atomic E-state index is 11.7. The standard InChI is InChI=1S/C15H18N4OS/c1-2-8-16-14(20)10-21-15-18-12-6-4-3-5-11(12)13-7-9-17-19(13)15/h3-6,9,13H,2,7-8,10H2,1H3,(H,16,20). The Morgan fingerprint density at radius 1 is 1.48 bits per heavy atom. The van der Waals surface area contributed by atoms with Crippen LogP contribution in [0.15, 0.2) is 34.4 Å². The third kappa shape index (κ3) is 2.95. The van der Waals surface area contributed by atoms with Gasteiger partial charge in [-0.1, -0.05) is 36.9 Å². The molecule has 0 bridgehead atoms. The van der Waals surface area contributed by atoms with E-state index in [4.69, 9.17) is 0 Å². The highest BCUT2D eigenvalue weighted by atomic mass is 32.2. The first-order chi connectivity index (χ1) is 10.3. The quantitative estimate of drug-likeness (QED) is 0.930. The molecular weight excluding hydrogens is 284 g/mol. The van der Waals surface area contributed by atoms with E-state index in [1.165, 1.54) is 17.3 Å². The Balaban J connectivity index is 1.74. The van der Waals surface area contributed by atoms with E-state index in [9.17, 15) is 4.79 Å². The van der Waals surface area contributed by atoms with Crippen LogP contribution in [0.1, 0.15) is 31.4 Å². The van der Waals surface area contributed by atoms with Crippen molar-refractivity contribution in [2.75, 3.05) is 12.3 Å². The first kappa shape index (κ1) is 14.1. The second kappa shape index (κ2) is 6.30. The molecule has 2 aliphatic heterocycles. The highest BCUT2D eigenvalue weighted by Crippen LogP contribution is 2.40. The summed E-state index contributed by atoms with van der Waals surface area (Å²) in [7, 11) is 0. The lowest BCUT2D eigenvalue weighted by Gasteiger charge is -2.29. The summed E-state index contributed by atoms with van der Waals surface area (Å²) in [5, 5.41) is 10.0. The van der Waals surface area contributed by atoms with Gasteiger partial charge in [0.15, 0.2) is 5.17 Å². The Morgan fingerprint density at radius 3 is 3.19 bits per heavy atom. The van der Waals surface area contributed by atoms with E-state index in [1.807, 2.05) is 36.3 Å². The summed E-state index contributed by atoms with van der Waals surface area (Å²) in [6.07, 6.45) is 3.75. The molecule has 0 aromatic heterocycles. The second-order valence-corrected chi connectivity index (χ2v) is 5.93. The number of para-hydroxylation sites is 1. The van der Waals surface area contributed by atoms with Gasteiger partial charge in [-0.25, -0.2) is 10.0 Å². The fraction of sp³-hybridized carbons (Fsp3) is 0.400. The fourth-order valence-electron chi connectivity index (χ4n) is 2.43. The molecule has 1 aromatic carbocycles. The fourth-order valence-corrected chi connectivity index (χ4v) is 3.26. The summed E-state index contributed by atoms with van der Waals surface area (Å²) in [6.45, 7) is 2.76. The highest BCUT2D eigenvalue weighted by molar-refractivity contribution is 8.14. The van der Waals surface area contributed by atoms with Crippen LogP contribution in [-0.2, 0) is 4.79 Å². The number of hydrazone groups is 1. The molecule has 6 heteroatoms. The number of fused-ring (bicyclic) bond motifs is 3. The van der Waals surface area contributed by atoms with Crippen LogP contribution in [0.5, 0.6) is 0 Å². The molecule has 1 N–H and O–H groups in total. The predicted octanol–water partition coefficient (Wildman–Crippen LogP) is 2.68. The van der Waals surface area contributed by atoms with Crippen LogP contribution >= 0.6 is 11.8 Å². The molecule has 1 aromatic rings. The van der Waals surface area contributed by atoms with Gasteiger partial charge >= 0.3 is 0 Å². The maximum Gasteiger partial charge on any atom is 0.230 e. The number of hydrogen-bond acceptors (Lipinski definition) is 5. The molecule has 3 rings (SSSR count). The van der Waals surface area contributed by atoms with Crippen LogP contribution in [-0.4, -0.2) is 34.6 Å². The summed E-state index contributed by atoms with van der Waals surface area (Å²) >= 11 is 1.45. The van der Waals surface area contributed by atoms with Crippen molar-refractivity contribution in [2.45, 2.75) is 25.8 Å². The molecule has 0 saturated carbocycles. The first-order valence-electron chi connectivity index (χ1n) is 7.18. The molecule has 0 saturated heterocycles. The SMILES string of the molecule is CCCNC(=O)CSC1=Nc2ccccc2C2CC=NN12. The molecule has 0 radical (unpaired) electrons. The van der Waals surface area contributed by atoms with E-state index in [-0.39, 0.29) is 11.9 Å². The van der Waals surface area contributed by atoms with Crippen molar-refractivity contribution in [1.29, 1.82) is 0 Å². The van der Waals surface area contributed by atoms with E-state index in [2.05, 4.69) is 21.5 Å². The predicted molar refractivity (Wildman–Crippen MR) is 87.0 cm³/mol. The van der Waals surface area contributed by atoms with E-state index in [0.717, 1.165) is 30.2 Å². The number of hydrogen-bond donors (Lipinski definition) is 1. The molecule has 21 heavy (non-hydrogen) atoms. The van der Waals surface area contributed by atoms with Gasteiger partial charge in [0.1, 0.15) is 0 Å². The molecule has 2 heterocycles. The van der Waals surface area contributed by atoms with Crippen LogP contribution in [0.3, 0.4) is 0 Å². The largest absolute Gasteiger partial charge is 0.355 e.